The minimum atomic E-state index is -0.529. The van der Waals surface area contributed by atoms with Crippen molar-refractivity contribution in [1.82, 2.24) is 14.9 Å². The molecule has 3 heterocycles. The van der Waals surface area contributed by atoms with E-state index in [9.17, 15) is 8.78 Å². The summed E-state index contributed by atoms with van der Waals surface area (Å²) in [5.74, 6) is 0.466. The van der Waals surface area contributed by atoms with Crippen LogP contribution in [0.15, 0.2) is 30.5 Å². The molecule has 1 aromatic heterocycles. The molecule has 2 aliphatic heterocycles. The molecule has 0 spiro atoms. The van der Waals surface area contributed by atoms with Crippen LogP contribution in [0, 0.1) is 11.6 Å². The lowest BCUT2D eigenvalue weighted by atomic mass is 10.0. The molecule has 0 radical (unpaired) electrons. The van der Waals surface area contributed by atoms with E-state index in [0.717, 1.165) is 56.9 Å². The van der Waals surface area contributed by atoms with E-state index in [0.29, 0.717) is 25.3 Å². The van der Waals surface area contributed by atoms with Crippen LogP contribution in [-0.4, -0.2) is 60.3 Å². The Bertz CT molecular complexity index is 780. The van der Waals surface area contributed by atoms with Crippen LogP contribution in [-0.2, 0) is 11.3 Å². The van der Waals surface area contributed by atoms with Gasteiger partial charge in [-0.15, -0.1) is 0 Å². The second-order valence-corrected chi connectivity index (χ2v) is 7.34. The maximum Gasteiger partial charge on any atom is 0.227 e. The molecule has 0 aliphatic carbocycles. The van der Waals surface area contributed by atoms with Gasteiger partial charge in [0.2, 0.25) is 5.95 Å². The minimum Gasteiger partial charge on any atom is -0.378 e. The molecule has 6 nitrogen and oxygen atoms in total. The number of benzene rings is 1. The number of hydrogen-bond acceptors (Lipinski definition) is 6. The van der Waals surface area contributed by atoms with Crippen molar-refractivity contribution in [2.24, 2.45) is 0 Å². The summed E-state index contributed by atoms with van der Waals surface area (Å²) in [5.41, 5.74) is 0.662. The van der Waals surface area contributed by atoms with Gasteiger partial charge in [0.1, 0.15) is 17.5 Å². The van der Waals surface area contributed by atoms with Gasteiger partial charge in [-0.05, 0) is 43.1 Å². The topological polar surface area (TPSA) is 53.5 Å². The summed E-state index contributed by atoms with van der Waals surface area (Å²) in [6.45, 7) is 5.23. The smallest absolute Gasteiger partial charge is 0.227 e. The average Bonchev–Trinajstić information content (AvgIpc) is 2.68. The molecule has 1 aromatic carbocycles. The number of aromatic nitrogens is 2. The average molecular weight is 389 g/mol. The lowest BCUT2D eigenvalue weighted by Crippen LogP contribution is -2.42. The second kappa shape index (κ2) is 8.79. The van der Waals surface area contributed by atoms with Crippen LogP contribution in [0.4, 0.5) is 20.5 Å². The van der Waals surface area contributed by atoms with E-state index in [1.54, 1.807) is 6.20 Å². The van der Waals surface area contributed by atoms with Crippen molar-refractivity contribution in [1.29, 1.82) is 0 Å². The Balaban J connectivity index is 1.37. The first-order valence-corrected chi connectivity index (χ1v) is 9.75. The summed E-state index contributed by atoms with van der Waals surface area (Å²) in [4.78, 5) is 13.4. The van der Waals surface area contributed by atoms with Crippen molar-refractivity contribution in [2.45, 2.75) is 25.4 Å². The molecule has 28 heavy (non-hydrogen) atoms. The number of rotatable bonds is 5. The molecular weight excluding hydrogens is 364 g/mol. The summed E-state index contributed by atoms with van der Waals surface area (Å²) in [7, 11) is 0. The monoisotopic (exact) mass is 389 g/mol. The number of anilines is 2. The van der Waals surface area contributed by atoms with Crippen LogP contribution in [0.25, 0.3) is 0 Å². The van der Waals surface area contributed by atoms with Crippen LogP contribution < -0.4 is 10.2 Å². The van der Waals surface area contributed by atoms with Crippen molar-refractivity contribution < 1.29 is 13.5 Å². The van der Waals surface area contributed by atoms with E-state index in [1.165, 1.54) is 12.1 Å². The number of halogens is 2. The quantitative estimate of drug-likeness (QED) is 0.849. The summed E-state index contributed by atoms with van der Waals surface area (Å²) in [6, 6.07) is 5.83. The van der Waals surface area contributed by atoms with E-state index in [4.69, 9.17) is 4.74 Å². The first-order valence-electron chi connectivity index (χ1n) is 9.75. The Labute approximate surface area is 163 Å². The lowest BCUT2D eigenvalue weighted by molar-refractivity contribution is 0.122. The van der Waals surface area contributed by atoms with Gasteiger partial charge in [-0.25, -0.2) is 13.8 Å². The van der Waals surface area contributed by atoms with Gasteiger partial charge < -0.3 is 15.0 Å². The molecule has 150 valence electrons. The van der Waals surface area contributed by atoms with E-state index >= 15 is 0 Å². The highest BCUT2D eigenvalue weighted by Gasteiger charge is 2.21. The lowest BCUT2D eigenvalue weighted by Gasteiger charge is -2.33. The molecule has 0 saturated carbocycles. The molecule has 2 aliphatic rings. The third-order valence-electron chi connectivity index (χ3n) is 5.12. The van der Waals surface area contributed by atoms with E-state index < -0.39 is 11.6 Å². The van der Waals surface area contributed by atoms with Crippen LogP contribution in [0.3, 0.4) is 0 Å². The predicted molar refractivity (Wildman–Crippen MR) is 103 cm³/mol. The van der Waals surface area contributed by atoms with Gasteiger partial charge in [0.15, 0.2) is 0 Å². The van der Waals surface area contributed by atoms with Crippen LogP contribution in [0.2, 0.25) is 0 Å². The minimum absolute atomic E-state index is 0.236. The largest absolute Gasteiger partial charge is 0.378 e. The number of piperidine rings is 1. The first kappa shape index (κ1) is 19.0. The first-order chi connectivity index (χ1) is 13.7. The predicted octanol–water partition coefficient (Wildman–Crippen LogP) is 2.67. The Morgan fingerprint density at radius 3 is 2.68 bits per heavy atom. The van der Waals surface area contributed by atoms with Gasteiger partial charge in [-0.2, -0.15) is 4.98 Å². The Morgan fingerprint density at radius 1 is 1.11 bits per heavy atom. The van der Waals surface area contributed by atoms with Crippen LogP contribution >= 0.6 is 0 Å². The standard InChI is InChI=1S/C20H25F2N5O/c21-16-10-15(11-17(22)12-16)13-26-5-1-2-18(14-26)24-19-3-4-23-20(25-19)27-6-8-28-9-7-27/h3-4,10-12,18H,1-2,5-9,13-14H2,(H,23,24,25). The van der Waals surface area contributed by atoms with Crippen LogP contribution in [0.5, 0.6) is 0 Å². The van der Waals surface area contributed by atoms with Gasteiger partial charge >= 0.3 is 0 Å². The molecule has 1 atom stereocenters. The number of nitrogens with zero attached hydrogens (tertiary/aromatic N) is 4. The normalized spacial score (nSPS) is 20.9. The maximum atomic E-state index is 13.4. The van der Waals surface area contributed by atoms with Gasteiger partial charge in [0.25, 0.3) is 0 Å². The van der Waals surface area contributed by atoms with Crippen molar-refractivity contribution in [3.63, 3.8) is 0 Å². The summed E-state index contributed by atoms with van der Waals surface area (Å²) >= 11 is 0. The van der Waals surface area contributed by atoms with Gasteiger partial charge in [-0.1, -0.05) is 0 Å². The number of morpholine rings is 1. The molecule has 1 unspecified atom stereocenters. The van der Waals surface area contributed by atoms with Crippen molar-refractivity contribution in [3.8, 4) is 0 Å². The fourth-order valence-corrected chi connectivity index (χ4v) is 3.83. The highest BCUT2D eigenvalue weighted by molar-refractivity contribution is 5.42. The fourth-order valence-electron chi connectivity index (χ4n) is 3.83. The molecule has 2 aromatic rings. The summed E-state index contributed by atoms with van der Waals surface area (Å²) in [5, 5.41) is 3.50. The van der Waals surface area contributed by atoms with Gasteiger partial charge in [0, 0.05) is 44.5 Å². The molecule has 0 amide bonds. The second-order valence-electron chi connectivity index (χ2n) is 7.34. The molecule has 1 N–H and O–H groups in total. The summed E-state index contributed by atoms with van der Waals surface area (Å²) in [6.07, 6.45) is 3.83. The molecule has 4 rings (SSSR count). The van der Waals surface area contributed by atoms with Gasteiger partial charge in [-0.3, -0.25) is 4.90 Å². The van der Waals surface area contributed by atoms with Crippen LogP contribution in [0.1, 0.15) is 18.4 Å². The SMILES string of the molecule is Fc1cc(F)cc(CN2CCCC(Nc3ccnc(N4CCOCC4)n3)C2)c1. The Hall–Kier alpha value is -2.32. The molecular formula is C20H25F2N5O. The number of likely N-dealkylation sites (tertiary alicyclic amines) is 1. The molecule has 8 heteroatoms. The fraction of sp³-hybridized carbons (Fsp3) is 0.500. The molecule has 2 saturated heterocycles. The zero-order valence-corrected chi connectivity index (χ0v) is 15.8. The van der Waals surface area contributed by atoms with E-state index in [2.05, 4.69) is 25.1 Å². The third kappa shape index (κ3) is 4.94. The maximum absolute atomic E-state index is 13.4. The van der Waals surface area contributed by atoms with E-state index in [1.807, 2.05) is 6.07 Å². The highest BCUT2D eigenvalue weighted by Crippen LogP contribution is 2.19. The summed E-state index contributed by atoms with van der Waals surface area (Å²) < 4.78 is 32.3. The zero-order chi connectivity index (χ0) is 19.3. The van der Waals surface area contributed by atoms with Crippen molar-refractivity contribution >= 4 is 11.8 Å². The Morgan fingerprint density at radius 2 is 1.89 bits per heavy atom. The number of hydrogen-bond donors (Lipinski definition) is 1. The number of nitrogens with one attached hydrogen (secondary N) is 1. The third-order valence-corrected chi connectivity index (χ3v) is 5.12. The highest BCUT2D eigenvalue weighted by atomic mass is 19.1. The van der Waals surface area contributed by atoms with Crippen molar-refractivity contribution in [2.75, 3.05) is 49.6 Å². The van der Waals surface area contributed by atoms with Crippen molar-refractivity contribution in [3.05, 3.63) is 47.7 Å². The molecule has 0 bridgehead atoms. The number of ether oxygens (including phenoxy) is 1. The molecule has 2 fully saturated rings. The van der Waals surface area contributed by atoms with E-state index in [-0.39, 0.29) is 6.04 Å². The zero-order valence-electron chi connectivity index (χ0n) is 15.8. The Kier molecular flexibility index (Phi) is 5.97. The van der Waals surface area contributed by atoms with Gasteiger partial charge in [0.05, 0.1) is 13.2 Å².